The number of rotatable bonds is 2. The summed E-state index contributed by atoms with van der Waals surface area (Å²) in [6.07, 6.45) is 0. The maximum Gasteiger partial charge on any atom is 0.197 e. The van der Waals surface area contributed by atoms with E-state index < -0.39 is 0 Å². The highest BCUT2D eigenvalue weighted by molar-refractivity contribution is 6.12. The van der Waals surface area contributed by atoms with Gasteiger partial charge in [-0.1, -0.05) is 24.3 Å². The third-order valence-electron chi connectivity index (χ3n) is 2.96. The fraction of sp³-hybridized carbons (Fsp3) is 0.133. The Morgan fingerprint density at radius 3 is 2.44 bits per heavy atom. The van der Waals surface area contributed by atoms with Crippen molar-refractivity contribution >= 4 is 11.5 Å². The molecule has 0 heterocycles. The second kappa shape index (κ2) is 4.53. The molecule has 0 fully saturated rings. The Balaban J connectivity index is 2.56. The number of hydrogen-bond acceptors (Lipinski definition) is 3. The van der Waals surface area contributed by atoms with Crippen molar-refractivity contribution in [3.05, 3.63) is 58.7 Å². The van der Waals surface area contributed by atoms with E-state index in [1.165, 1.54) is 0 Å². The number of benzene rings is 2. The Morgan fingerprint density at radius 1 is 1.11 bits per heavy atom. The van der Waals surface area contributed by atoms with Crippen LogP contribution in [0.25, 0.3) is 0 Å². The number of ketones is 1. The van der Waals surface area contributed by atoms with Crippen LogP contribution in [0.2, 0.25) is 0 Å². The van der Waals surface area contributed by atoms with E-state index in [9.17, 15) is 9.90 Å². The van der Waals surface area contributed by atoms with Gasteiger partial charge in [0.15, 0.2) is 5.78 Å². The van der Waals surface area contributed by atoms with Gasteiger partial charge in [-0.05, 0) is 37.1 Å². The number of anilines is 1. The van der Waals surface area contributed by atoms with E-state index >= 15 is 0 Å². The van der Waals surface area contributed by atoms with Gasteiger partial charge >= 0.3 is 0 Å². The highest BCUT2D eigenvalue weighted by Gasteiger charge is 2.17. The molecule has 2 aromatic rings. The lowest BCUT2D eigenvalue weighted by atomic mass is 9.96. The molecule has 2 rings (SSSR count). The minimum atomic E-state index is -0.207. The van der Waals surface area contributed by atoms with Crippen LogP contribution in [0.1, 0.15) is 27.0 Å². The number of phenolic OH excluding ortho intramolecular Hbond substituents is 1. The van der Waals surface area contributed by atoms with E-state index in [0.717, 1.165) is 5.56 Å². The predicted molar refractivity (Wildman–Crippen MR) is 71.9 cm³/mol. The summed E-state index contributed by atoms with van der Waals surface area (Å²) in [7, 11) is 0. The highest BCUT2D eigenvalue weighted by atomic mass is 16.3. The van der Waals surface area contributed by atoms with E-state index in [2.05, 4.69) is 0 Å². The number of aromatic hydroxyl groups is 1. The Kier molecular flexibility index (Phi) is 3.06. The summed E-state index contributed by atoms with van der Waals surface area (Å²) in [4.78, 5) is 12.4. The lowest BCUT2D eigenvalue weighted by Crippen LogP contribution is -2.05. The number of phenols is 1. The van der Waals surface area contributed by atoms with Crippen LogP contribution in [0.3, 0.4) is 0 Å². The highest BCUT2D eigenvalue weighted by Crippen LogP contribution is 2.27. The van der Waals surface area contributed by atoms with Gasteiger partial charge in [0.05, 0.1) is 5.56 Å². The first-order valence-corrected chi connectivity index (χ1v) is 5.70. The second-order valence-electron chi connectivity index (χ2n) is 4.38. The molecule has 0 bridgehead atoms. The van der Waals surface area contributed by atoms with Crippen molar-refractivity contribution < 1.29 is 9.90 Å². The lowest BCUT2D eigenvalue weighted by molar-refractivity contribution is 0.103. The van der Waals surface area contributed by atoms with Gasteiger partial charge in [-0.25, -0.2) is 0 Å². The fourth-order valence-electron chi connectivity index (χ4n) is 1.91. The van der Waals surface area contributed by atoms with Crippen LogP contribution in [0, 0.1) is 13.8 Å². The van der Waals surface area contributed by atoms with Gasteiger partial charge in [0.2, 0.25) is 0 Å². The van der Waals surface area contributed by atoms with E-state index in [1.54, 1.807) is 44.2 Å². The van der Waals surface area contributed by atoms with Gasteiger partial charge < -0.3 is 10.8 Å². The Morgan fingerprint density at radius 2 is 1.78 bits per heavy atom. The van der Waals surface area contributed by atoms with Crippen molar-refractivity contribution in [2.75, 3.05) is 5.73 Å². The van der Waals surface area contributed by atoms with Crippen LogP contribution in [0.5, 0.6) is 5.75 Å². The summed E-state index contributed by atoms with van der Waals surface area (Å²) in [5, 5.41) is 10.0. The number of carbonyl (C=O) groups is 1. The molecule has 0 aliphatic carbocycles. The monoisotopic (exact) mass is 241 g/mol. The Hall–Kier alpha value is -2.29. The summed E-state index contributed by atoms with van der Waals surface area (Å²) in [6, 6.07) is 10.4. The van der Waals surface area contributed by atoms with Crippen molar-refractivity contribution in [3.8, 4) is 5.75 Å². The first-order chi connectivity index (χ1) is 8.50. The molecule has 3 N–H and O–H groups in total. The molecule has 3 nitrogen and oxygen atoms in total. The largest absolute Gasteiger partial charge is 0.507 e. The number of nitrogen functional groups attached to an aromatic ring is 1. The minimum Gasteiger partial charge on any atom is -0.507 e. The molecule has 0 aliphatic rings. The number of hydrogen-bond donors (Lipinski definition) is 2. The molecule has 2 aromatic carbocycles. The van der Waals surface area contributed by atoms with E-state index in [0.29, 0.717) is 22.4 Å². The quantitative estimate of drug-likeness (QED) is 0.627. The van der Waals surface area contributed by atoms with Crippen molar-refractivity contribution in [2.24, 2.45) is 0 Å². The van der Waals surface area contributed by atoms with Gasteiger partial charge in [-0.15, -0.1) is 0 Å². The molecule has 0 aliphatic heterocycles. The first kappa shape index (κ1) is 12.2. The zero-order valence-corrected chi connectivity index (χ0v) is 10.4. The molecule has 3 heteroatoms. The smallest absolute Gasteiger partial charge is 0.197 e. The zero-order chi connectivity index (χ0) is 13.3. The molecule has 0 unspecified atom stereocenters. The molecule has 0 saturated carbocycles. The molecule has 0 aromatic heterocycles. The minimum absolute atomic E-state index is 0.0439. The molecule has 0 amide bonds. The first-order valence-electron chi connectivity index (χ1n) is 5.70. The third kappa shape index (κ3) is 2.07. The Bertz CT molecular complexity index is 618. The zero-order valence-electron chi connectivity index (χ0n) is 10.4. The van der Waals surface area contributed by atoms with Gasteiger partial charge in [0.25, 0.3) is 0 Å². The number of carbonyl (C=O) groups excluding carboxylic acids is 1. The van der Waals surface area contributed by atoms with E-state index in [-0.39, 0.29) is 11.5 Å². The van der Waals surface area contributed by atoms with Gasteiger partial charge in [0.1, 0.15) is 5.75 Å². The summed E-state index contributed by atoms with van der Waals surface area (Å²) in [5.74, 6) is -0.163. The average Bonchev–Trinajstić information content (AvgIpc) is 2.34. The molecule has 18 heavy (non-hydrogen) atoms. The van der Waals surface area contributed by atoms with Crippen LogP contribution >= 0.6 is 0 Å². The summed E-state index contributed by atoms with van der Waals surface area (Å²) in [6.45, 7) is 3.57. The predicted octanol–water partition coefficient (Wildman–Crippen LogP) is 2.82. The Labute approximate surface area is 106 Å². The standard InChI is InChI=1S/C15H15NO2/c1-9-6-7-10(2)14(17)13(9)15(18)11-4-3-5-12(16)8-11/h3-8,17H,16H2,1-2H3. The normalized spacial score (nSPS) is 10.3. The van der Waals surface area contributed by atoms with Crippen LogP contribution in [0.4, 0.5) is 5.69 Å². The van der Waals surface area contributed by atoms with Crippen LogP contribution in [-0.2, 0) is 0 Å². The molecular weight excluding hydrogens is 226 g/mol. The molecule has 0 saturated heterocycles. The van der Waals surface area contributed by atoms with Crippen molar-refractivity contribution in [1.82, 2.24) is 0 Å². The molecule has 0 radical (unpaired) electrons. The van der Waals surface area contributed by atoms with Crippen molar-refractivity contribution in [1.29, 1.82) is 0 Å². The van der Waals surface area contributed by atoms with E-state index in [1.807, 2.05) is 6.07 Å². The van der Waals surface area contributed by atoms with Crippen LogP contribution in [-0.4, -0.2) is 10.9 Å². The third-order valence-corrected chi connectivity index (χ3v) is 2.96. The lowest BCUT2D eigenvalue weighted by Gasteiger charge is -2.10. The molecule has 0 spiro atoms. The van der Waals surface area contributed by atoms with E-state index in [4.69, 9.17) is 5.73 Å². The van der Waals surface area contributed by atoms with Gasteiger partial charge in [-0.2, -0.15) is 0 Å². The number of nitrogens with two attached hydrogens (primary N) is 1. The van der Waals surface area contributed by atoms with Crippen LogP contribution < -0.4 is 5.73 Å². The molecule has 0 atom stereocenters. The van der Waals surface area contributed by atoms with Gasteiger partial charge in [0, 0.05) is 11.3 Å². The van der Waals surface area contributed by atoms with Crippen molar-refractivity contribution in [2.45, 2.75) is 13.8 Å². The van der Waals surface area contributed by atoms with Crippen molar-refractivity contribution in [3.63, 3.8) is 0 Å². The fourth-order valence-corrected chi connectivity index (χ4v) is 1.91. The summed E-state index contributed by atoms with van der Waals surface area (Å²) in [5.41, 5.74) is 8.47. The number of aryl methyl sites for hydroxylation is 2. The second-order valence-corrected chi connectivity index (χ2v) is 4.38. The molecule has 92 valence electrons. The summed E-state index contributed by atoms with van der Waals surface area (Å²) < 4.78 is 0. The topological polar surface area (TPSA) is 63.3 Å². The summed E-state index contributed by atoms with van der Waals surface area (Å²) >= 11 is 0. The van der Waals surface area contributed by atoms with Crippen LogP contribution in [0.15, 0.2) is 36.4 Å². The SMILES string of the molecule is Cc1ccc(C)c(C(=O)c2cccc(N)c2)c1O. The maximum atomic E-state index is 12.4. The maximum absolute atomic E-state index is 12.4. The van der Waals surface area contributed by atoms with Gasteiger partial charge in [-0.3, -0.25) is 4.79 Å². The average molecular weight is 241 g/mol. The molecular formula is C15H15NO2.